The van der Waals surface area contributed by atoms with Crippen molar-refractivity contribution in [2.75, 3.05) is 6.61 Å². The summed E-state index contributed by atoms with van der Waals surface area (Å²) in [7, 11) is 0. The summed E-state index contributed by atoms with van der Waals surface area (Å²) < 4.78 is 7.66. The Morgan fingerprint density at radius 1 is 1.30 bits per heavy atom. The molecule has 20 heavy (non-hydrogen) atoms. The molecule has 108 valence electrons. The van der Waals surface area contributed by atoms with Crippen molar-refractivity contribution in [2.45, 2.75) is 46.5 Å². The van der Waals surface area contributed by atoms with Crippen molar-refractivity contribution in [3.8, 4) is 5.75 Å². The lowest BCUT2D eigenvalue weighted by Crippen LogP contribution is -2.10. The van der Waals surface area contributed by atoms with E-state index in [1.807, 2.05) is 28.8 Å². The molecule has 0 atom stereocenters. The van der Waals surface area contributed by atoms with Crippen molar-refractivity contribution in [3.63, 3.8) is 0 Å². The molecule has 0 fully saturated rings. The van der Waals surface area contributed by atoms with Crippen molar-refractivity contribution in [3.05, 3.63) is 35.7 Å². The van der Waals surface area contributed by atoms with Gasteiger partial charge in [-0.05, 0) is 29.5 Å². The molecule has 0 aliphatic rings. The first-order chi connectivity index (χ1) is 9.34. The first kappa shape index (κ1) is 14.6. The highest BCUT2D eigenvalue weighted by Gasteiger charge is 2.22. The SMILES string of the molecule is CCCOc1ccn2c(C(C)=O)cc(C(C)(C)C)c2c1. The topological polar surface area (TPSA) is 30.7 Å². The molecule has 0 aliphatic heterocycles. The highest BCUT2D eigenvalue weighted by molar-refractivity contribution is 5.94. The van der Waals surface area contributed by atoms with Crippen molar-refractivity contribution < 1.29 is 9.53 Å². The van der Waals surface area contributed by atoms with Crippen LogP contribution in [0.15, 0.2) is 24.4 Å². The predicted octanol–water partition coefficient (Wildman–Crippen LogP) is 4.23. The standard InChI is InChI=1S/C17H23NO2/c1-6-9-20-13-7-8-18-15(12(2)19)11-14(16(18)10-13)17(3,4)5/h7-8,10-11H,6,9H2,1-5H3. The van der Waals surface area contributed by atoms with Gasteiger partial charge in [-0.15, -0.1) is 0 Å². The molecule has 3 nitrogen and oxygen atoms in total. The minimum Gasteiger partial charge on any atom is -0.493 e. The van der Waals surface area contributed by atoms with Crippen LogP contribution in [-0.2, 0) is 5.41 Å². The number of ketones is 1. The molecule has 2 heterocycles. The quantitative estimate of drug-likeness (QED) is 0.780. The Kier molecular flexibility index (Phi) is 3.89. The van der Waals surface area contributed by atoms with Crippen molar-refractivity contribution in [2.24, 2.45) is 0 Å². The van der Waals surface area contributed by atoms with Crippen LogP contribution >= 0.6 is 0 Å². The van der Waals surface area contributed by atoms with Crippen LogP contribution in [0.5, 0.6) is 5.75 Å². The molecule has 0 unspecified atom stereocenters. The Balaban J connectivity index is 2.62. The molecular weight excluding hydrogens is 250 g/mol. The van der Waals surface area contributed by atoms with E-state index in [0.717, 1.165) is 23.4 Å². The third-order valence-electron chi connectivity index (χ3n) is 3.38. The zero-order valence-corrected chi connectivity index (χ0v) is 13.0. The fourth-order valence-electron chi connectivity index (χ4n) is 2.36. The van der Waals surface area contributed by atoms with E-state index in [4.69, 9.17) is 4.74 Å². The van der Waals surface area contributed by atoms with E-state index in [-0.39, 0.29) is 11.2 Å². The number of aromatic nitrogens is 1. The summed E-state index contributed by atoms with van der Waals surface area (Å²) in [6, 6.07) is 5.95. The fraction of sp³-hybridized carbons (Fsp3) is 0.471. The lowest BCUT2D eigenvalue weighted by molar-refractivity contribution is 0.101. The molecule has 0 spiro atoms. The molecule has 0 aliphatic carbocycles. The van der Waals surface area contributed by atoms with Gasteiger partial charge in [0.25, 0.3) is 0 Å². The first-order valence-corrected chi connectivity index (χ1v) is 7.14. The minimum atomic E-state index is -0.0116. The minimum absolute atomic E-state index is 0.0116. The number of pyridine rings is 1. The van der Waals surface area contributed by atoms with Gasteiger partial charge in [0, 0.05) is 19.2 Å². The number of rotatable bonds is 4. The van der Waals surface area contributed by atoms with Gasteiger partial charge in [-0.2, -0.15) is 0 Å². The Labute approximate surface area is 120 Å². The third-order valence-corrected chi connectivity index (χ3v) is 3.38. The van der Waals surface area contributed by atoms with Gasteiger partial charge in [0.15, 0.2) is 5.78 Å². The van der Waals surface area contributed by atoms with Crippen molar-refractivity contribution in [1.82, 2.24) is 4.40 Å². The lowest BCUT2D eigenvalue weighted by atomic mass is 9.87. The van der Waals surface area contributed by atoms with Crippen LogP contribution in [-0.4, -0.2) is 16.8 Å². The molecule has 0 radical (unpaired) electrons. The maximum atomic E-state index is 11.8. The number of carbonyl (C=O) groups excluding carboxylic acids is 1. The number of fused-ring (bicyclic) bond motifs is 1. The lowest BCUT2D eigenvalue weighted by Gasteiger charge is -2.18. The van der Waals surface area contributed by atoms with Gasteiger partial charge in [-0.1, -0.05) is 27.7 Å². The summed E-state index contributed by atoms with van der Waals surface area (Å²) in [5.41, 5.74) is 2.94. The number of ether oxygens (including phenoxy) is 1. The fourth-order valence-corrected chi connectivity index (χ4v) is 2.36. The second kappa shape index (κ2) is 5.31. The Morgan fingerprint density at radius 2 is 2.00 bits per heavy atom. The van der Waals surface area contributed by atoms with Crippen molar-refractivity contribution >= 4 is 11.3 Å². The maximum Gasteiger partial charge on any atom is 0.176 e. The van der Waals surface area contributed by atoms with Gasteiger partial charge in [-0.3, -0.25) is 4.79 Å². The molecule has 2 aromatic rings. The molecular formula is C17H23NO2. The number of carbonyl (C=O) groups is 1. The van der Waals surface area contributed by atoms with Gasteiger partial charge in [0.05, 0.1) is 17.8 Å². The van der Waals surface area contributed by atoms with E-state index in [2.05, 4.69) is 27.7 Å². The molecule has 0 saturated carbocycles. The Morgan fingerprint density at radius 3 is 2.55 bits per heavy atom. The Bertz CT molecular complexity index is 632. The summed E-state index contributed by atoms with van der Waals surface area (Å²) in [5, 5.41) is 0. The van der Waals surface area contributed by atoms with Crippen LogP contribution in [0.3, 0.4) is 0 Å². The van der Waals surface area contributed by atoms with E-state index in [9.17, 15) is 4.79 Å². The number of hydrogen-bond donors (Lipinski definition) is 0. The molecule has 0 N–H and O–H groups in total. The van der Waals surface area contributed by atoms with Crippen LogP contribution in [0.2, 0.25) is 0 Å². The van der Waals surface area contributed by atoms with Gasteiger partial charge in [-0.25, -0.2) is 0 Å². The van der Waals surface area contributed by atoms with Gasteiger partial charge < -0.3 is 9.14 Å². The first-order valence-electron chi connectivity index (χ1n) is 7.14. The summed E-state index contributed by atoms with van der Waals surface area (Å²) in [6.07, 6.45) is 2.91. The largest absolute Gasteiger partial charge is 0.493 e. The van der Waals surface area contributed by atoms with Gasteiger partial charge in [0.1, 0.15) is 5.75 Å². The van der Waals surface area contributed by atoms with E-state index >= 15 is 0 Å². The summed E-state index contributed by atoms with van der Waals surface area (Å²) >= 11 is 0. The summed E-state index contributed by atoms with van der Waals surface area (Å²) in [4.78, 5) is 11.8. The average molecular weight is 273 g/mol. The zero-order chi connectivity index (χ0) is 14.9. The highest BCUT2D eigenvalue weighted by Crippen LogP contribution is 2.31. The zero-order valence-electron chi connectivity index (χ0n) is 13.0. The average Bonchev–Trinajstić information content (AvgIpc) is 2.74. The maximum absolute atomic E-state index is 11.8. The summed E-state index contributed by atoms with van der Waals surface area (Å²) in [5.74, 6) is 0.941. The predicted molar refractivity (Wildman–Crippen MR) is 81.9 cm³/mol. The van der Waals surface area contributed by atoms with E-state index < -0.39 is 0 Å². The highest BCUT2D eigenvalue weighted by atomic mass is 16.5. The van der Waals surface area contributed by atoms with Crippen LogP contribution in [0, 0.1) is 0 Å². The molecule has 0 amide bonds. The van der Waals surface area contributed by atoms with Crippen LogP contribution < -0.4 is 4.74 Å². The molecule has 2 rings (SSSR count). The van der Waals surface area contributed by atoms with Gasteiger partial charge >= 0.3 is 0 Å². The second-order valence-electron chi connectivity index (χ2n) is 6.22. The van der Waals surface area contributed by atoms with E-state index in [0.29, 0.717) is 6.61 Å². The van der Waals surface area contributed by atoms with E-state index in [1.165, 1.54) is 5.56 Å². The van der Waals surface area contributed by atoms with Crippen LogP contribution in [0.4, 0.5) is 0 Å². The third kappa shape index (κ3) is 2.72. The number of hydrogen-bond acceptors (Lipinski definition) is 2. The molecule has 0 aromatic carbocycles. The smallest absolute Gasteiger partial charge is 0.176 e. The van der Waals surface area contributed by atoms with Crippen LogP contribution in [0.25, 0.3) is 5.52 Å². The number of nitrogens with zero attached hydrogens (tertiary/aromatic N) is 1. The van der Waals surface area contributed by atoms with Crippen LogP contribution in [0.1, 0.15) is 57.1 Å². The van der Waals surface area contributed by atoms with Gasteiger partial charge in [0.2, 0.25) is 0 Å². The van der Waals surface area contributed by atoms with Crippen molar-refractivity contribution in [1.29, 1.82) is 0 Å². The molecule has 3 heteroatoms. The number of Topliss-reactive ketones (excluding diaryl/α,β-unsaturated/α-hetero) is 1. The monoisotopic (exact) mass is 273 g/mol. The second-order valence-corrected chi connectivity index (χ2v) is 6.22. The van der Waals surface area contributed by atoms with E-state index in [1.54, 1.807) is 6.92 Å². The molecule has 0 saturated heterocycles. The molecule has 0 bridgehead atoms. The summed E-state index contributed by atoms with van der Waals surface area (Å²) in [6.45, 7) is 10.9. The Hall–Kier alpha value is -1.77. The molecule has 2 aromatic heterocycles. The normalized spacial score (nSPS) is 11.8.